The van der Waals surface area contributed by atoms with Gasteiger partial charge in [0.2, 0.25) is 5.91 Å². The Hall–Kier alpha value is -2.40. The van der Waals surface area contributed by atoms with Crippen LogP contribution in [0.4, 0.5) is 4.79 Å². The van der Waals surface area contributed by atoms with Gasteiger partial charge in [-0.05, 0) is 30.2 Å². The Kier molecular flexibility index (Phi) is 5.12. The van der Waals surface area contributed by atoms with Crippen LogP contribution in [-0.2, 0) is 9.53 Å². The average Bonchev–Trinajstić information content (AvgIpc) is 2.53. The summed E-state index contributed by atoms with van der Waals surface area (Å²) in [6, 6.07) is 13.6. The van der Waals surface area contributed by atoms with Gasteiger partial charge >= 0.3 is 6.09 Å². The lowest BCUT2D eigenvalue weighted by molar-refractivity contribution is -0.122. The summed E-state index contributed by atoms with van der Waals surface area (Å²) >= 11 is 0. The molecule has 0 saturated heterocycles. The van der Waals surface area contributed by atoms with E-state index in [0.717, 1.165) is 16.3 Å². The zero-order chi connectivity index (χ0) is 16.1. The van der Waals surface area contributed by atoms with Crippen molar-refractivity contribution in [3.8, 4) is 0 Å². The van der Waals surface area contributed by atoms with Gasteiger partial charge < -0.3 is 4.74 Å². The Bertz CT molecular complexity index is 679. The van der Waals surface area contributed by atoms with E-state index in [4.69, 9.17) is 0 Å². The van der Waals surface area contributed by atoms with Gasteiger partial charge in [0.1, 0.15) is 0 Å². The first kappa shape index (κ1) is 16.0. The zero-order valence-corrected chi connectivity index (χ0v) is 12.9. The third-order valence-electron chi connectivity index (χ3n) is 3.59. The molecule has 0 saturated carbocycles. The van der Waals surface area contributed by atoms with Crippen molar-refractivity contribution in [1.82, 2.24) is 10.6 Å². The summed E-state index contributed by atoms with van der Waals surface area (Å²) in [6.45, 7) is 3.70. The molecule has 0 bridgehead atoms. The van der Waals surface area contributed by atoms with Gasteiger partial charge in [0, 0.05) is 6.04 Å². The Morgan fingerprint density at radius 3 is 2.45 bits per heavy atom. The molecular formula is C17H20N2O3. The van der Waals surface area contributed by atoms with Crippen LogP contribution in [-0.4, -0.2) is 25.2 Å². The molecule has 5 nitrogen and oxygen atoms in total. The van der Waals surface area contributed by atoms with Crippen LogP contribution in [0.3, 0.4) is 0 Å². The maximum Gasteiger partial charge on any atom is 0.413 e. The number of imide groups is 1. The van der Waals surface area contributed by atoms with Gasteiger partial charge in [-0.3, -0.25) is 15.4 Å². The number of ether oxygens (including phenoxy) is 1. The van der Waals surface area contributed by atoms with Crippen LogP contribution in [0.5, 0.6) is 0 Å². The van der Waals surface area contributed by atoms with Crippen LogP contribution in [0.25, 0.3) is 10.8 Å². The minimum Gasteiger partial charge on any atom is -0.453 e. The van der Waals surface area contributed by atoms with Crippen LogP contribution < -0.4 is 10.6 Å². The maximum atomic E-state index is 11.9. The number of hydrogen-bond acceptors (Lipinski definition) is 4. The van der Waals surface area contributed by atoms with E-state index < -0.39 is 18.0 Å². The lowest BCUT2D eigenvalue weighted by Gasteiger charge is -2.20. The largest absolute Gasteiger partial charge is 0.453 e. The van der Waals surface area contributed by atoms with Crippen LogP contribution in [0.1, 0.15) is 25.5 Å². The van der Waals surface area contributed by atoms with Crippen molar-refractivity contribution in [2.75, 3.05) is 7.11 Å². The van der Waals surface area contributed by atoms with E-state index in [-0.39, 0.29) is 6.04 Å². The third kappa shape index (κ3) is 3.62. The first-order valence-electron chi connectivity index (χ1n) is 7.15. The molecule has 0 heterocycles. The van der Waals surface area contributed by atoms with E-state index in [0.29, 0.717) is 0 Å². The van der Waals surface area contributed by atoms with Crippen molar-refractivity contribution >= 4 is 22.8 Å². The Labute approximate surface area is 129 Å². The number of nitrogens with one attached hydrogen (secondary N) is 2. The molecular weight excluding hydrogens is 280 g/mol. The highest BCUT2D eigenvalue weighted by Crippen LogP contribution is 2.24. The molecule has 0 aliphatic carbocycles. The number of hydrogen-bond donors (Lipinski definition) is 2. The minimum absolute atomic E-state index is 0.0375. The smallest absolute Gasteiger partial charge is 0.413 e. The van der Waals surface area contributed by atoms with E-state index in [1.165, 1.54) is 7.11 Å². The van der Waals surface area contributed by atoms with Crippen molar-refractivity contribution in [3.05, 3.63) is 48.0 Å². The summed E-state index contributed by atoms with van der Waals surface area (Å²) in [5.74, 6) is -0.418. The van der Waals surface area contributed by atoms with Gasteiger partial charge in [0.05, 0.1) is 13.2 Å². The first-order valence-corrected chi connectivity index (χ1v) is 7.15. The molecule has 0 aliphatic rings. The number of benzene rings is 2. The third-order valence-corrected chi connectivity index (χ3v) is 3.59. The van der Waals surface area contributed by atoms with Crippen molar-refractivity contribution in [2.24, 2.45) is 0 Å². The van der Waals surface area contributed by atoms with Crippen LogP contribution in [0, 0.1) is 0 Å². The Balaban J connectivity index is 2.12. The van der Waals surface area contributed by atoms with E-state index in [2.05, 4.69) is 33.6 Å². The minimum atomic E-state index is -0.753. The van der Waals surface area contributed by atoms with E-state index >= 15 is 0 Å². The predicted molar refractivity (Wildman–Crippen MR) is 85.5 cm³/mol. The number of alkyl carbamates (subject to hydrolysis) is 1. The number of methoxy groups -OCH3 is 1. The molecule has 2 N–H and O–H groups in total. The summed E-state index contributed by atoms with van der Waals surface area (Å²) in [4.78, 5) is 22.9. The highest BCUT2D eigenvalue weighted by molar-refractivity contribution is 5.94. The Morgan fingerprint density at radius 2 is 1.73 bits per heavy atom. The molecule has 2 aromatic rings. The number of amides is 2. The molecule has 2 rings (SSSR count). The van der Waals surface area contributed by atoms with E-state index in [9.17, 15) is 9.59 Å². The van der Waals surface area contributed by atoms with Gasteiger partial charge in [0.25, 0.3) is 0 Å². The summed E-state index contributed by atoms with van der Waals surface area (Å²) in [5, 5.41) is 7.66. The van der Waals surface area contributed by atoms with Crippen LogP contribution in [0.2, 0.25) is 0 Å². The molecule has 0 aromatic heterocycles. The Morgan fingerprint density at radius 1 is 1.05 bits per heavy atom. The van der Waals surface area contributed by atoms with Gasteiger partial charge in [-0.15, -0.1) is 0 Å². The summed E-state index contributed by atoms with van der Waals surface area (Å²) < 4.78 is 4.42. The van der Waals surface area contributed by atoms with Crippen molar-refractivity contribution in [1.29, 1.82) is 0 Å². The molecule has 0 unspecified atom stereocenters. The van der Waals surface area contributed by atoms with Gasteiger partial charge in [-0.1, -0.05) is 42.5 Å². The molecule has 2 aromatic carbocycles. The molecule has 0 spiro atoms. The first-order chi connectivity index (χ1) is 10.5. The molecule has 2 atom stereocenters. The maximum absolute atomic E-state index is 11.9. The van der Waals surface area contributed by atoms with Gasteiger partial charge in [-0.2, -0.15) is 0 Å². The number of rotatable bonds is 4. The molecule has 5 heteroatoms. The normalized spacial score (nSPS) is 13.4. The number of fused-ring (bicyclic) bond motifs is 1. The lowest BCUT2D eigenvalue weighted by Crippen LogP contribution is -2.45. The molecule has 0 aliphatic heterocycles. The summed E-state index contributed by atoms with van der Waals surface area (Å²) in [7, 11) is 1.22. The monoisotopic (exact) mass is 300 g/mol. The number of carbonyl (C=O) groups excluding carboxylic acids is 2. The fourth-order valence-electron chi connectivity index (χ4n) is 2.43. The average molecular weight is 300 g/mol. The van der Waals surface area contributed by atoms with Crippen molar-refractivity contribution < 1.29 is 14.3 Å². The van der Waals surface area contributed by atoms with Crippen molar-refractivity contribution in [2.45, 2.75) is 25.9 Å². The van der Waals surface area contributed by atoms with Crippen LogP contribution >= 0.6 is 0 Å². The summed E-state index contributed by atoms with van der Waals surface area (Å²) in [6.07, 6.45) is -0.753. The molecule has 22 heavy (non-hydrogen) atoms. The topological polar surface area (TPSA) is 67.4 Å². The molecule has 2 amide bonds. The highest BCUT2D eigenvalue weighted by atomic mass is 16.5. The van der Waals surface area contributed by atoms with E-state index in [1.807, 2.05) is 31.2 Å². The van der Waals surface area contributed by atoms with Gasteiger partial charge in [-0.25, -0.2) is 4.79 Å². The SMILES string of the molecule is COC(=O)NC(=O)[C@H](C)N[C@@H](C)c1cccc2ccccc12. The molecule has 116 valence electrons. The fraction of sp³-hybridized carbons (Fsp3) is 0.294. The van der Waals surface area contributed by atoms with Crippen LogP contribution in [0.15, 0.2) is 42.5 Å². The van der Waals surface area contributed by atoms with E-state index in [1.54, 1.807) is 6.92 Å². The highest BCUT2D eigenvalue weighted by Gasteiger charge is 2.19. The quantitative estimate of drug-likeness (QED) is 0.911. The zero-order valence-electron chi connectivity index (χ0n) is 12.9. The van der Waals surface area contributed by atoms with Gasteiger partial charge in [0.15, 0.2) is 0 Å². The number of carbonyl (C=O) groups is 2. The van der Waals surface area contributed by atoms with Crippen molar-refractivity contribution in [3.63, 3.8) is 0 Å². The second-order valence-corrected chi connectivity index (χ2v) is 5.16. The second kappa shape index (κ2) is 7.04. The predicted octanol–water partition coefficient (Wildman–Crippen LogP) is 2.76. The molecule has 0 fully saturated rings. The fourth-order valence-corrected chi connectivity index (χ4v) is 2.43. The second-order valence-electron chi connectivity index (χ2n) is 5.16. The summed E-state index contributed by atoms with van der Waals surface area (Å²) in [5.41, 5.74) is 1.11. The standard InChI is InChI=1S/C17H20N2O3/c1-11(18-12(2)16(20)19-17(21)22-3)14-10-6-8-13-7-4-5-9-15(13)14/h4-12,18H,1-3H3,(H,19,20,21)/t11-,12-/m0/s1. The lowest BCUT2D eigenvalue weighted by atomic mass is 9.99. The molecule has 0 radical (unpaired) electrons.